The molecule has 170 valence electrons. The van der Waals surface area contributed by atoms with Gasteiger partial charge in [0.25, 0.3) is 0 Å². The third-order valence-electron chi connectivity index (χ3n) is 4.91. The Bertz CT molecular complexity index is 763. The second-order valence-corrected chi connectivity index (χ2v) is 7.41. The van der Waals surface area contributed by atoms with E-state index < -0.39 is 11.9 Å². The van der Waals surface area contributed by atoms with E-state index >= 15 is 0 Å². The van der Waals surface area contributed by atoms with Crippen LogP contribution in [0.25, 0.3) is 0 Å². The molecule has 1 N–H and O–H groups in total. The summed E-state index contributed by atoms with van der Waals surface area (Å²) in [5.74, 6) is -0.0645. The van der Waals surface area contributed by atoms with E-state index in [0.717, 1.165) is 6.42 Å². The summed E-state index contributed by atoms with van der Waals surface area (Å²) in [5.41, 5.74) is 2.06. The molecule has 0 fully saturated rings. The van der Waals surface area contributed by atoms with E-state index in [4.69, 9.17) is 14.6 Å². The van der Waals surface area contributed by atoms with Gasteiger partial charge in [0.05, 0.1) is 17.7 Å². The molecular formula is C26H36O5. The molecule has 2 aromatic rings. The number of benzene rings is 2. The lowest BCUT2D eigenvalue weighted by atomic mass is 9.98. The lowest BCUT2D eigenvalue weighted by Crippen LogP contribution is -2.09. The molecule has 5 nitrogen and oxygen atoms in total. The molecule has 2 aromatic carbocycles. The van der Waals surface area contributed by atoms with Crippen LogP contribution in [0.2, 0.25) is 0 Å². The SMILES string of the molecule is CCC(C)c1ccc(C(=O)Oc2ccc(C(=O)OCCCCO)cc2)cc1.CCCC. The van der Waals surface area contributed by atoms with E-state index in [9.17, 15) is 9.59 Å². The highest BCUT2D eigenvalue weighted by Gasteiger charge is 2.12. The smallest absolute Gasteiger partial charge is 0.343 e. The number of hydrogen-bond acceptors (Lipinski definition) is 5. The summed E-state index contributed by atoms with van der Waals surface area (Å²) in [7, 11) is 0. The first-order valence-electron chi connectivity index (χ1n) is 11.2. The summed E-state index contributed by atoms with van der Waals surface area (Å²) >= 11 is 0. The van der Waals surface area contributed by atoms with Crippen molar-refractivity contribution in [3.05, 3.63) is 65.2 Å². The molecule has 1 atom stereocenters. The number of aliphatic hydroxyl groups is 1. The quantitative estimate of drug-likeness (QED) is 0.279. The summed E-state index contributed by atoms with van der Waals surface area (Å²) in [4.78, 5) is 24.1. The molecule has 0 aliphatic rings. The van der Waals surface area contributed by atoms with Crippen molar-refractivity contribution >= 4 is 11.9 Å². The summed E-state index contributed by atoms with van der Waals surface area (Å²) in [6, 6.07) is 13.7. The van der Waals surface area contributed by atoms with Crippen LogP contribution >= 0.6 is 0 Å². The Morgan fingerprint density at radius 3 is 1.90 bits per heavy atom. The molecule has 0 aliphatic carbocycles. The van der Waals surface area contributed by atoms with Gasteiger partial charge in [-0.1, -0.05) is 52.7 Å². The largest absolute Gasteiger partial charge is 0.462 e. The second-order valence-electron chi connectivity index (χ2n) is 7.41. The highest BCUT2D eigenvalue weighted by molar-refractivity contribution is 5.92. The van der Waals surface area contributed by atoms with Gasteiger partial charge >= 0.3 is 11.9 Å². The second kappa shape index (κ2) is 15.2. The van der Waals surface area contributed by atoms with Crippen LogP contribution in [0.4, 0.5) is 0 Å². The van der Waals surface area contributed by atoms with Gasteiger partial charge in [-0.2, -0.15) is 0 Å². The van der Waals surface area contributed by atoms with Crippen LogP contribution in [0.15, 0.2) is 48.5 Å². The Balaban J connectivity index is 0.00000110. The van der Waals surface area contributed by atoms with Gasteiger partial charge in [-0.05, 0) is 67.1 Å². The standard InChI is InChI=1S/C22H26O5.C4H10/c1-3-16(2)17-6-8-19(9-7-17)22(25)27-20-12-10-18(11-13-20)21(24)26-15-5-4-14-23;1-3-4-2/h6-13,16,23H,3-5,14-15H2,1-2H3;3-4H2,1-2H3. The van der Waals surface area contributed by atoms with Crippen LogP contribution < -0.4 is 4.74 Å². The van der Waals surface area contributed by atoms with Crippen molar-refractivity contribution in [1.82, 2.24) is 0 Å². The molecule has 0 saturated heterocycles. The third-order valence-corrected chi connectivity index (χ3v) is 4.91. The van der Waals surface area contributed by atoms with Crippen molar-refractivity contribution in [3.8, 4) is 5.75 Å². The highest BCUT2D eigenvalue weighted by atomic mass is 16.5. The van der Waals surface area contributed by atoms with E-state index in [1.54, 1.807) is 36.4 Å². The summed E-state index contributed by atoms with van der Waals surface area (Å²) in [5, 5.41) is 8.70. The fraction of sp³-hybridized carbons (Fsp3) is 0.462. The summed E-state index contributed by atoms with van der Waals surface area (Å²) in [6.45, 7) is 8.98. The van der Waals surface area contributed by atoms with Crippen LogP contribution in [-0.2, 0) is 4.74 Å². The molecular weight excluding hydrogens is 392 g/mol. The van der Waals surface area contributed by atoms with Crippen LogP contribution in [-0.4, -0.2) is 30.3 Å². The van der Waals surface area contributed by atoms with E-state index in [2.05, 4.69) is 27.7 Å². The fourth-order valence-electron chi connectivity index (χ4n) is 2.47. The molecule has 2 rings (SSSR count). The molecule has 0 heterocycles. The van der Waals surface area contributed by atoms with Gasteiger partial charge in [-0.3, -0.25) is 0 Å². The van der Waals surface area contributed by atoms with E-state index in [1.807, 2.05) is 12.1 Å². The zero-order valence-electron chi connectivity index (χ0n) is 19.2. The van der Waals surface area contributed by atoms with Gasteiger partial charge in [-0.25, -0.2) is 9.59 Å². The highest BCUT2D eigenvalue weighted by Crippen LogP contribution is 2.20. The van der Waals surface area contributed by atoms with Crippen molar-refractivity contribution in [1.29, 1.82) is 0 Å². The Morgan fingerprint density at radius 1 is 0.839 bits per heavy atom. The number of hydrogen-bond donors (Lipinski definition) is 1. The van der Waals surface area contributed by atoms with Gasteiger partial charge in [0.15, 0.2) is 0 Å². The number of rotatable bonds is 10. The Labute approximate surface area is 186 Å². The zero-order valence-corrected chi connectivity index (χ0v) is 19.2. The van der Waals surface area contributed by atoms with Gasteiger partial charge in [0, 0.05) is 6.61 Å². The fourth-order valence-corrected chi connectivity index (χ4v) is 2.47. The molecule has 31 heavy (non-hydrogen) atoms. The number of carbonyl (C=O) groups is 2. The van der Waals surface area contributed by atoms with Gasteiger partial charge in [0.2, 0.25) is 0 Å². The van der Waals surface area contributed by atoms with E-state index in [-0.39, 0.29) is 13.2 Å². The average Bonchev–Trinajstić information content (AvgIpc) is 2.81. The maximum absolute atomic E-state index is 12.3. The Morgan fingerprint density at radius 2 is 1.39 bits per heavy atom. The number of aliphatic hydroxyl groups excluding tert-OH is 1. The van der Waals surface area contributed by atoms with Crippen molar-refractivity contribution in [2.45, 2.75) is 65.7 Å². The van der Waals surface area contributed by atoms with Gasteiger partial charge in [-0.15, -0.1) is 0 Å². The van der Waals surface area contributed by atoms with Crippen LogP contribution in [0.3, 0.4) is 0 Å². The molecule has 5 heteroatoms. The number of ether oxygens (including phenoxy) is 2. The van der Waals surface area contributed by atoms with E-state index in [1.165, 1.54) is 18.4 Å². The van der Waals surface area contributed by atoms with Crippen molar-refractivity contribution in [2.24, 2.45) is 0 Å². The normalized spacial score (nSPS) is 11.1. The predicted octanol–water partition coefficient (Wildman–Crippen LogP) is 6.16. The van der Waals surface area contributed by atoms with Gasteiger partial charge in [0.1, 0.15) is 5.75 Å². The first-order valence-corrected chi connectivity index (χ1v) is 11.2. The monoisotopic (exact) mass is 428 g/mol. The maximum atomic E-state index is 12.3. The average molecular weight is 429 g/mol. The molecule has 0 amide bonds. The Hall–Kier alpha value is -2.66. The molecule has 0 aliphatic heterocycles. The number of carbonyl (C=O) groups excluding carboxylic acids is 2. The first-order chi connectivity index (χ1) is 15.0. The van der Waals surface area contributed by atoms with Crippen molar-refractivity contribution in [2.75, 3.05) is 13.2 Å². The molecule has 1 unspecified atom stereocenters. The van der Waals surface area contributed by atoms with Crippen LogP contribution in [0.1, 0.15) is 92.0 Å². The zero-order chi connectivity index (χ0) is 23.1. The topological polar surface area (TPSA) is 72.8 Å². The van der Waals surface area contributed by atoms with Crippen LogP contribution in [0.5, 0.6) is 5.75 Å². The Kier molecular flexibility index (Phi) is 12.9. The third kappa shape index (κ3) is 9.79. The maximum Gasteiger partial charge on any atom is 0.343 e. The lowest BCUT2D eigenvalue weighted by Gasteiger charge is -2.10. The molecule has 0 bridgehead atoms. The minimum atomic E-state index is -0.440. The lowest BCUT2D eigenvalue weighted by molar-refractivity contribution is 0.0492. The molecule has 0 spiro atoms. The molecule has 0 radical (unpaired) electrons. The minimum absolute atomic E-state index is 0.0813. The van der Waals surface area contributed by atoms with Crippen molar-refractivity contribution in [3.63, 3.8) is 0 Å². The number of esters is 2. The molecule has 0 saturated carbocycles. The molecule has 0 aromatic heterocycles. The van der Waals surface area contributed by atoms with Crippen LogP contribution in [0, 0.1) is 0 Å². The first kappa shape index (κ1) is 26.4. The van der Waals surface area contributed by atoms with Gasteiger partial charge < -0.3 is 14.6 Å². The summed E-state index contributed by atoms with van der Waals surface area (Å²) < 4.78 is 10.5. The van der Waals surface area contributed by atoms with Crippen molar-refractivity contribution < 1.29 is 24.2 Å². The van der Waals surface area contributed by atoms with E-state index in [0.29, 0.717) is 35.6 Å². The predicted molar refractivity (Wildman–Crippen MR) is 124 cm³/mol. The number of unbranched alkanes of at least 4 members (excludes halogenated alkanes) is 2. The minimum Gasteiger partial charge on any atom is -0.462 e. The summed E-state index contributed by atoms with van der Waals surface area (Å²) in [6.07, 6.45) is 4.90.